The van der Waals surface area contributed by atoms with Crippen LogP contribution in [-0.2, 0) is 0 Å². The maximum Gasteiger partial charge on any atom is 0.321 e. The number of methoxy groups -OCH3 is 1. The number of ether oxygens (including phenoxy) is 1. The number of nitrogens with one attached hydrogen (secondary N) is 1. The first-order valence-corrected chi connectivity index (χ1v) is 7.03. The first-order chi connectivity index (χ1) is 9.65. The zero-order chi connectivity index (χ0) is 14.5. The maximum absolute atomic E-state index is 12.3. The second-order valence-electron chi connectivity index (χ2n) is 5.26. The number of carbonyl (C=O) groups excluding carboxylic acids is 1. The van der Waals surface area contributed by atoms with E-state index >= 15 is 0 Å². The van der Waals surface area contributed by atoms with Crippen LogP contribution in [0.5, 0.6) is 5.75 Å². The van der Waals surface area contributed by atoms with E-state index < -0.39 is 0 Å². The summed E-state index contributed by atoms with van der Waals surface area (Å²) in [5, 5.41) is 2.91. The van der Waals surface area contributed by atoms with Gasteiger partial charge in [-0.25, -0.2) is 4.79 Å². The lowest BCUT2D eigenvalue weighted by Crippen LogP contribution is -2.43. The van der Waals surface area contributed by atoms with Gasteiger partial charge in [0.2, 0.25) is 0 Å². The van der Waals surface area contributed by atoms with Crippen molar-refractivity contribution < 1.29 is 9.53 Å². The van der Waals surface area contributed by atoms with Crippen LogP contribution in [0, 0.1) is 5.92 Å². The lowest BCUT2D eigenvalue weighted by atomic mass is 10.0. The van der Waals surface area contributed by atoms with Crippen molar-refractivity contribution in [1.82, 2.24) is 4.90 Å². The minimum Gasteiger partial charge on any atom is -0.497 e. The number of amides is 2. The largest absolute Gasteiger partial charge is 0.497 e. The molecule has 2 rings (SSSR count). The predicted octanol–water partition coefficient (Wildman–Crippen LogP) is 2.29. The van der Waals surface area contributed by atoms with Crippen molar-refractivity contribution in [2.75, 3.05) is 26.0 Å². The molecule has 2 atom stereocenters. The van der Waals surface area contributed by atoms with E-state index in [0.29, 0.717) is 12.5 Å². The number of nitrogens with two attached hydrogens (primary N) is 1. The molecule has 1 fully saturated rings. The van der Waals surface area contributed by atoms with Gasteiger partial charge in [-0.3, -0.25) is 0 Å². The van der Waals surface area contributed by atoms with E-state index in [0.717, 1.165) is 30.7 Å². The molecule has 1 saturated carbocycles. The molecule has 5 heteroatoms. The third-order valence-electron chi connectivity index (χ3n) is 4.08. The Morgan fingerprint density at radius 2 is 2.10 bits per heavy atom. The van der Waals surface area contributed by atoms with Crippen molar-refractivity contribution in [2.45, 2.75) is 25.3 Å². The number of nitrogens with zero attached hydrogens (tertiary/aromatic N) is 1. The molecule has 0 aromatic heterocycles. The molecule has 0 saturated heterocycles. The summed E-state index contributed by atoms with van der Waals surface area (Å²) in [7, 11) is 3.46. The monoisotopic (exact) mass is 277 g/mol. The number of rotatable bonds is 4. The SMILES string of the molecule is COc1ccc(NC(=O)N(C)C2CCCC2CN)cc1. The van der Waals surface area contributed by atoms with Crippen LogP contribution in [-0.4, -0.2) is 37.7 Å². The topological polar surface area (TPSA) is 67.6 Å². The Morgan fingerprint density at radius 1 is 1.40 bits per heavy atom. The molecule has 0 spiro atoms. The van der Waals surface area contributed by atoms with Crippen molar-refractivity contribution in [3.63, 3.8) is 0 Å². The van der Waals surface area contributed by atoms with Gasteiger partial charge in [0.1, 0.15) is 5.75 Å². The Kier molecular flexibility index (Phi) is 4.84. The molecule has 20 heavy (non-hydrogen) atoms. The quantitative estimate of drug-likeness (QED) is 0.887. The van der Waals surface area contributed by atoms with Crippen LogP contribution in [0.3, 0.4) is 0 Å². The fourth-order valence-electron chi connectivity index (χ4n) is 2.84. The summed E-state index contributed by atoms with van der Waals surface area (Å²) in [6.07, 6.45) is 3.29. The predicted molar refractivity (Wildman–Crippen MR) is 80.0 cm³/mol. The first-order valence-electron chi connectivity index (χ1n) is 7.03. The minimum atomic E-state index is -0.0829. The van der Waals surface area contributed by atoms with Crippen molar-refractivity contribution >= 4 is 11.7 Å². The van der Waals surface area contributed by atoms with Crippen molar-refractivity contribution in [3.8, 4) is 5.75 Å². The highest BCUT2D eigenvalue weighted by atomic mass is 16.5. The second kappa shape index (κ2) is 6.61. The Balaban J connectivity index is 1.96. The summed E-state index contributed by atoms with van der Waals surface area (Å²) in [4.78, 5) is 14.0. The molecule has 1 aliphatic rings. The lowest BCUT2D eigenvalue weighted by Gasteiger charge is -2.29. The molecular weight excluding hydrogens is 254 g/mol. The van der Waals surface area contributed by atoms with Crippen LogP contribution in [0.2, 0.25) is 0 Å². The third-order valence-corrected chi connectivity index (χ3v) is 4.08. The van der Waals surface area contributed by atoms with E-state index in [1.165, 1.54) is 0 Å². The summed E-state index contributed by atoms with van der Waals surface area (Å²) in [5.41, 5.74) is 6.54. The van der Waals surface area contributed by atoms with E-state index in [1.807, 2.05) is 31.3 Å². The fourth-order valence-corrected chi connectivity index (χ4v) is 2.84. The van der Waals surface area contributed by atoms with Gasteiger partial charge >= 0.3 is 6.03 Å². The summed E-state index contributed by atoms with van der Waals surface area (Å²) >= 11 is 0. The average Bonchev–Trinajstić information content (AvgIpc) is 2.95. The van der Waals surface area contributed by atoms with E-state index in [9.17, 15) is 4.79 Å². The average molecular weight is 277 g/mol. The highest BCUT2D eigenvalue weighted by Crippen LogP contribution is 2.28. The Bertz CT molecular complexity index is 447. The van der Waals surface area contributed by atoms with Gasteiger partial charge in [0.25, 0.3) is 0 Å². The van der Waals surface area contributed by atoms with E-state index in [-0.39, 0.29) is 12.1 Å². The molecule has 0 heterocycles. The van der Waals surface area contributed by atoms with Crippen LogP contribution >= 0.6 is 0 Å². The van der Waals surface area contributed by atoms with Gasteiger partial charge in [-0.2, -0.15) is 0 Å². The normalized spacial score (nSPS) is 21.6. The number of carbonyl (C=O) groups is 1. The Hall–Kier alpha value is -1.75. The first kappa shape index (κ1) is 14.7. The number of urea groups is 1. The fraction of sp³-hybridized carbons (Fsp3) is 0.533. The molecule has 1 aromatic rings. The van der Waals surface area contributed by atoms with Gasteiger partial charge in [0.05, 0.1) is 7.11 Å². The van der Waals surface area contributed by atoms with Crippen LogP contribution < -0.4 is 15.8 Å². The van der Waals surface area contributed by atoms with Gasteiger partial charge < -0.3 is 20.7 Å². The molecule has 5 nitrogen and oxygen atoms in total. The van der Waals surface area contributed by atoms with Gasteiger partial charge in [-0.05, 0) is 49.6 Å². The standard InChI is InChI=1S/C15H23N3O2/c1-18(14-5-3-4-11(14)10-16)15(19)17-12-6-8-13(20-2)9-7-12/h6-9,11,14H,3-5,10,16H2,1-2H3,(H,17,19). The molecule has 3 N–H and O–H groups in total. The molecule has 1 aromatic carbocycles. The minimum absolute atomic E-state index is 0.0829. The Labute approximate surface area is 120 Å². The summed E-state index contributed by atoms with van der Waals surface area (Å²) in [6, 6.07) is 7.49. The molecule has 1 aliphatic carbocycles. The van der Waals surface area contributed by atoms with Crippen LogP contribution in [0.4, 0.5) is 10.5 Å². The summed E-state index contributed by atoms with van der Waals surface area (Å²) < 4.78 is 5.09. The van der Waals surface area contributed by atoms with E-state index in [2.05, 4.69) is 5.32 Å². The molecule has 0 bridgehead atoms. The zero-order valence-electron chi connectivity index (χ0n) is 12.1. The van der Waals surface area contributed by atoms with Gasteiger partial charge in [0, 0.05) is 18.8 Å². The zero-order valence-corrected chi connectivity index (χ0v) is 12.1. The second-order valence-corrected chi connectivity index (χ2v) is 5.26. The molecule has 2 amide bonds. The van der Waals surface area contributed by atoms with E-state index in [1.54, 1.807) is 12.0 Å². The van der Waals surface area contributed by atoms with Crippen LogP contribution in [0.15, 0.2) is 24.3 Å². The van der Waals surface area contributed by atoms with Gasteiger partial charge in [-0.1, -0.05) is 6.42 Å². The molecular formula is C15H23N3O2. The highest BCUT2D eigenvalue weighted by molar-refractivity contribution is 5.89. The van der Waals surface area contributed by atoms with Crippen molar-refractivity contribution in [2.24, 2.45) is 11.7 Å². The Morgan fingerprint density at radius 3 is 2.70 bits per heavy atom. The van der Waals surface area contributed by atoms with Gasteiger partial charge in [-0.15, -0.1) is 0 Å². The smallest absolute Gasteiger partial charge is 0.321 e. The molecule has 2 unspecified atom stereocenters. The number of anilines is 1. The van der Waals surface area contributed by atoms with Crippen molar-refractivity contribution in [3.05, 3.63) is 24.3 Å². The molecule has 0 radical (unpaired) electrons. The van der Waals surface area contributed by atoms with Crippen LogP contribution in [0.1, 0.15) is 19.3 Å². The highest BCUT2D eigenvalue weighted by Gasteiger charge is 2.31. The lowest BCUT2D eigenvalue weighted by molar-refractivity contribution is 0.190. The van der Waals surface area contributed by atoms with Crippen LogP contribution in [0.25, 0.3) is 0 Å². The number of hydrogen-bond acceptors (Lipinski definition) is 3. The summed E-state index contributed by atoms with van der Waals surface area (Å²) in [6.45, 7) is 0.644. The number of benzene rings is 1. The summed E-state index contributed by atoms with van der Waals surface area (Å²) in [5.74, 6) is 1.19. The van der Waals surface area contributed by atoms with E-state index in [4.69, 9.17) is 10.5 Å². The molecule has 110 valence electrons. The number of hydrogen-bond donors (Lipinski definition) is 2. The van der Waals surface area contributed by atoms with Crippen molar-refractivity contribution in [1.29, 1.82) is 0 Å². The molecule has 0 aliphatic heterocycles. The third kappa shape index (κ3) is 3.22. The maximum atomic E-state index is 12.3. The van der Waals surface area contributed by atoms with Gasteiger partial charge in [0.15, 0.2) is 0 Å².